The number of hydrogen-bond acceptors (Lipinski definition) is 4. The molecule has 3 rings (SSSR count). The quantitative estimate of drug-likeness (QED) is 0.731. The molecule has 0 bridgehead atoms. The Morgan fingerprint density at radius 1 is 1.08 bits per heavy atom. The fourth-order valence-electron chi connectivity index (χ4n) is 2.05. The summed E-state index contributed by atoms with van der Waals surface area (Å²) in [5, 5.41) is 5.55. The van der Waals surface area contributed by atoms with Crippen molar-refractivity contribution in [2.75, 3.05) is 5.32 Å². The van der Waals surface area contributed by atoms with Gasteiger partial charge in [0.15, 0.2) is 0 Å². The first-order chi connectivity index (χ1) is 11.6. The van der Waals surface area contributed by atoms with Crippen molar-refractivity contribution in [2.24, 2.45) is 0 Å². The number of alkyl halides is 2. The number of benzene rings is 2. The largest absolute Gasteiger partial charge is 0.435 e. The normalized spacial score (nSPS) is 10.6. The fraction of sp³-hybridized carbons (Fsp3) is 0.0588. The molecule has 3 aromatic rings. The highest BCUT2D eigenvalue weighted by Crippen LogP contribution is 2.23. The highest BCUT2D eigenvalue weighted by atomic mass is 32.1. The van der Waals surface area contributed by atoms with Crippen LogP contribution in [0.2, 0.25) is 0 Å². The summed E-state index contributed by atoms with van der Waals surface area (Å²) >= 11 is 1.53. The van der Waals surface area contributed by atoms with Gasteiger partial charge in [0.1, 0.15) is 10.8 Å². The lowest BCUT2D eigenvalue weighted by atomic mass is 10.2. The van der Waals surface area contributed by atoms with Gasteiger partial charge in [0.25, 0.3) is 5.91 Å². The van der Waals surface area contributed by atoms with E-state index in [0.29, 0.717) is 11.3 Å². The average Bonchev–Trinajstić information content (AvgIpc) is 3.10. The molecule has 0 fully saturated rings. The molecule has 0 atom stereocenters. The lowest BCUT2D eigenvalue weighted by Crippen LogP contribution is -2.11. The van der Waals surface area contributed by atoms with Crippen molar-refractivity contribution >= 4 is 22.9 Å². The summed E-state index contributed by atoms with van der Waals surface area (Å²) in [7, 11) is 0. The number of nitrogens with one attached hydrogen (secondary N) is 1. The van der Waals surface area contributed by atoms with Crippen LogP contribution in [0.25, 0.3) is 10.6 Å². The van der Waals surface area contributed by atoms with E-state index in [1.54, 1.807) is 18.3 Å². The number of aromatic nitrogens is 1. The molecule has 1 N–H and O–H groups in total. The molecule has 122 valence electrons. The minimum absolute atomic E-state index is 0.00866. The van der Waals surface area contributed by atoms with Gasteiger partial charge in [-0.3, -0.25) is 4.79 Å². The SMILES string of the molecule is O=C(Nc1ccc(-c2nccs2)cc1)c1ccc(OC(F)F)cc1. The van der Waals surface area contributed by atoms with Crippen LogP contribution < -0.4 is 10.1 Å². The summed E-state index contributed by atoms with van der Waals surface area (Å²) in [6.45, 7) is -2.89. The molecule has 1 aromatic heterocycles. The highest BCUT2D eigenvalue weighted by molar-refractivity contribution is 7.13. The molecule has 0 radical (unpaired) electrons. The molecule has 0 saturated carbocycles. The van der Waals surface area contributed by atoms with E-state index in [1.165, 1.54) is 35.6 Å². The Bertz CT molecular complexity index is 804. The Kier molecular flexibility index (Phi) is 4.81. The van der Waals surface area contributed by atoms with Crippen molar-refractivity contribution in [3.8, 4) is 16.3 Å². The molecule has 2 aromatic carbocycles. The van der Waals surface area contributed by atoms with Crippen LogP contribution in [-0.4, -0.2) is 17.5 Å². The van der Waals surface area contributed by atoms with Crippen molar-refractivity contribution in [1.82, 2.24) is 4.98 Å². The van der Waals surface area contributed by atoms with E-state index in [-0.39, 0.29) is 11.7 Å². The number of halogens is 2. The van der Waals surface area contributed by atoms with Gasteiger partial charge in [0, 0.05) is 28.4 Å². The molecule has 0 spiro atoms. The number of hydrogen-bond donors (Lipinski definition) is 1. The molecule has 1 heterocycles. The number of ether oxygens (including phenoxy) is 1. The lowest BCUT2D eigenvalue weighted by molar-refractivity contribution is -0.0498. The maximum Gasteiger partial charge on any atom is 0.387 e. The van der Waals surface area contributed by atoms with E-state index < -0.39 is 6.61 Å². The number of nitrogens with zero attached hydrogens (tertiary/aromatic N) is 1. The van der Waals surface area contributed by atoms with Crippen LogP contribution in [0.5, 0.6) is 5.75 Å². The van der Waals surface area contributed by atoms with Crippen molar-refractivity contribution in [3.63, 3.8) is 0 Å². The third-order valence-electron chi connectivity index (χ3n) is 3.16. The van der Waals surface area contributed by atoms with Crippen LogP contribution >= 0.6 is 11.3 Å². The third kappa shape index (κ3) is 3.94. The molecule has 4 nitrogen and oxygen atoms in total. The van der Waals surface area contributed by atoms with Gasteiger partial charge in [-0.25, -0.2) is 4.98 Å². The minimum Gasteiger partial charge on any atom is -0.435 e. The first-order valence-corrected chi connectivity index (χ1v) is 7.86. The number of thiazole rings is 1. The van der Waals surface area contributed by atoms with Gasteiger partial charge >= 0.3 is 6.61 Å². The van der Waals surface area contributed by atoms with E-state index in [0.717, 1.165) is 10.6 Å². The third-order valence-corrected chi connectivity index (χ3v) is 3.99. The molecule has 0 saturated heterocycles. The number of carbonyl (C=O) groups is 1. The van der Waals surface area contributed by atoms with E-state index in [9.17, 15) is 13.6 Å². The predicted octanol–water partition coefficient (Wildman–Crippen LogP) is 4.66. The molecule has 0 aliphatic carbocycles. The van der Waals surface area contributed by atoms with Crippen LogP contribution in [0.1, 0.15) is 10.4 Å². The van der Waals surface area contributed by atoms with Gasteiger partial charge in [-0.1, -0.05) is 0 Å². The van der Waals surface area contributed by atoms with Gasteiger partial charge in [0.05, 0.1) is 0 Å². The van der Waals surface area contributed by atoms with Gasteiger partial charge in [-0.15, -0.1) is 11.3 Å². The van der Waals surface area contributed by atoms with Crippen molar-refractivity contribution < 1.29 is 18.3 Å². The summed E-state index contributed by atoms with van der Waals surface area (Å²) in [6.07, 6.45) is 1.73. The number of amides is 1. The van der Waals surface area contributed by atoms with E-state index in [4.69, 9.17) is 0 Å². The lowest BCUT2D eigenvalue weighted by Gasteiger charge is -2.07. The van der Waals surface area contributed by atoms with Crippen LogP contribution in [0.15, 0.2) is 60.1 Å². The maximum atomic E-state index is 12.2. The van der Waals surface area contributed by atoms with Crippen molar-refractivity contribution in [2.45, 2.75) is 6.61 Å². The Morgan fingerprint density at radius 3 is 2.38 bits per heavy atom. The molecule has 1 amide bonds. The van der Waals surface area contributed by atoms with E-state index >= 15 is 0 Å². The molecule has 0 unspecified atom stereocenters. The number of rotatable bonds is 5. The second-order valence-corrected chi connectivity index (χ2v) is 5.67. The van der Waals surface area contributed by atoms with E-state index in [1.807, 2.05) is 17.5 Å². The van der Waals surface area contributed by atoms with Crippen LogP contribution in [0.4, 0.5) is 14.5 Å². The molecule has 0 aliphatic heterocycles. The molecule has 0 aliphatic rings. The van der Waals surface area contributed by atoms with Crippen LogP contribution in [-0.2, 0) is 0 Å². The Morgan fingerprint density at radius 2 is 1.79 bits per heavy atom. The van der Waals surface area contributed by atoms with Gasteiger partial charge < -0.3 is 10.1 Å². The highest BCUT2D eigenvalue weighted by Gasteiger charge is 2.09. The topological polar surface area (TPSA) is 51.2 Å². The Balaban J connectivity index is 1.66. The smallest absolute Gasteiger partial charge is 0.387 e. The zero-order valence-corrected chi connectivity index (χ0v) is 13.1. The number of anilines is 1. The summed E-state index contributed by atoms with van der Waals surface area (Å²) in [5.74, 6) is -0.324. The first kappa shape index (κ1) is 16.1. The minimum atomic E-state index is -2.89. The summed E-state index contributed by atoms with van der Waals surface area (Å²) in [5.41, 5.74) is 1.95. The second kappa shape index (κ2) is 7.18. The average molecular weight is 346 g/mol. The van der Waals surface area contributed by atoms with Gasteiger partial charge in [-0.05, 0) is 48.5 Å². The monoisotopic (exact) mass is 346 g/mol. The maximum absolute atomic E-state index is 12.2. The van der Waals surface area contributed by atoms with Crippen LogP contribution in [0.3, 0.4) is 0 Å². The second-order valence-electron chi connectivity index (χ2n) is 4.77. The summed E-state index contributed by atoms with van der Waals surface area (Å²) in [6, 6.07) is 12.8. The molecular formula is C17H12F2N2O2S. The van der Waals surface area contributed by atoms with E-state index in [2.05, 4.69) is 15.0 Å². The standard InChI is InChI=1S/C17H12F2N2O2S/c18-17(19)23-14-7-3-11(4-8-14)15(22)21-13-5-1-12(2-6-13)16-20-9-10-24-16/h1-10,17H,(H,21,22). The Hall–Kier alpha value is -2.80. The van der Waals surface area contributed by atoms with Gasteiger partial charge in [0.2, 0.25) is 0 Å². The van der Waals surface area contributed by atoms with Gasteiger partial charge in [-0.2, -0.15) is 8.78 Å². The fourth-order valence-corrected chi connectivity index (χ4v) is 2.70. The Labute approximate surface area is 140 Å². The predicted molar refractivity (Wildman–Crippen MR) is 88.6 cm³/mol. The zero-order chi connectivity index (χ0) is 16.9. The molecule has 24 heavy (non-hydrogen) atoms. The summed E-state index contributed by atoms with van der Waals surface area (Å²) < 4.78 is 28.4. The molecular weight excluding hydrogens is 334 g/mol. The zero-order valence-electron chi connectivity index (χ0n) is 12.3. The summed E-state index contributed by atoms with van der Waals surface area (Å²) in [4.78, 5) is 16.4. The van der Waals surface area contributed by atoms with Crippen molar-refractivity contribution in [1.29, 1.82) is 0 Å². The van der Waals surface area contributed by atoms with Crippen LogP contribution in [0, 0.1) is 0 Å². The van der Waals surface area contributed by atoms with Crippen molar-refractivity contribution in [3.05, 3.63) is 65.7 Å². The molecule has 7 heteroatoms. The first-order valence-electron chi connectivity index (χ1n) is 6.98. The number of carbonyl (C=O) groups excluding carboxylic acids is 1.